The molecule has 7 heteroatoms. The molecule has 0 saturated heterocycles. The minimum Gasteiger partial charge on any atom is -0.486 e. The number of hydrogen-bond acceptors (Lipinski definition) is 5. The van der Waals surface area contributed by atoms with Crippen molar-refractivity contribution in [2.75, 3.05) is 5.75 Å². The zero-order valence-corrected chi connectivity index (χ0v) is 18.8. The molecule has 152 valence electrons. The molecule has 0 saturated carbocycles. The monoisotopic (exact) mass is 429 g/mol. The lowest BCUT2D eigenvalue weighted by atomic mass is 9.93. The molecule has 0 atom stereocenters. The number of thioether (sulfide) groups is 1. The van der Waals surface area contributed by atoms with E-state index in [0.717, 1.165) is 16.7 Å². The highest BCUT2D eigenvalue weighted by Crippen LogP contribution is 2.24. The maximum atomic E-state index is 12.8. The van der Waals surface area contributed by atoms with Crippen LogP contribution in [0.1, 0.15) is 38.4 Å². The quantitative estimate of drug-likeness (QED) is 0.379. The van der Waals surface area contributed by atoms with Crippen LogP contribution in [0.5, 0.6) is 5.75 Å². The molecule has 0 amide bonds. The van der Waals surface area contributed by atoms with Crippen molar-refractivity contribution in [2.45, 2.75) is 39.5 Å². The number of nitrogens with zero attached hydrogens (tertiary/aromatic N) is 3. The summed E-state index contributed by atoms with van der Waals surface area (Å²) in [5, 5.41) is 9.74. The first-order valence-electron chi connectivity index (χ1n) is 9.28. The van der Waals surface area contributed by atoms with E-state index in [2.05, 4.69) is 24.0 Å². The number of rotatable bonds is 7. The molecule has 3 rings (SSSR count). The number of carbonyl (C=O) groups excluding carboxylic acids is 1. The second kappa shape index (κ2) is 9.01. The van der Waals surface area contributed by atoms with Gasteiger partial charge in [0, 0.05) is 17.6 Å². The van der Waals surface area contributed by atoms with E-state index in [4.69, 9.17) is 16.3 Å². The number of halogens is 1. The van der Waals surface area contributed by atoms with Crippen LogP contribution in [-0.4, -0.2) is 26.3 Å². The Hall–Kier alpha value is -2.31. The number of aryl methyl sites for hydroxylation is 1. The normalized spacial score (nSPS) is 11.0. The Balaban J connectivity index is 1.64. The average molecular weight is 430 g/mol. The Morgan fingerprint density at radius 2 is 1.76 bits per heavy atom. The molecule has 0 radical (unpaired) electrons. The van der Waals surface area contributed by atoms with Crippen LogP contribution in [0.2, 0.25) is 5.02 Å². The number of benzene rings is 2. The van der Waals surface area contributed by atoms with Crippen LogP contribution in [0.3, 0.4) is 0 Å². The van der Waals surface area contributed by atoms with E-state index < -0.39 is 0 Å². The number of ketones is 1. The molecule has 0 bridgehead atoms. The van der Waals surface area contributed by atoms with Gasteiger partial charge < -0.3 is 9.30 Å². The lowest BCUT2D eigenvalue weighted by molar-refractivity contribution is 0.102. The van der Waals surface area contributed by atoms with Gasteiger partial charge in [-0.25, -0.2) is 0 Å². The molecular weight excluding hydrogens is 406 g/mol. The van der Waals surface area contributed by atoms with Gasteiger partial charge in [-0.15, -0.1) is 10.2 Å². The van der Waals surface area contributed by atoms with Gasteiger partial charge in [0.15, 0.2) is 16.8 Å². The lowest BCUT2D eigenvalue weighted by Gasteiger charge is -2.13. The van der Waals surface area contributed by atoms with Gasteiger partial charge in [-0.2, -0.15) is 0 Å². The van der Waals surface area contributed by atoms with Crippen molar-refractivity contribution in [1.82, 2.24) is 14.8 Å². The Morgan fingerprint density at radius 3 is 2.45 bits per heavy atom. The van der Waals surface area contributed by atoms with E-state index in [1.54, 1.807) is 24.3 Å². The average Bonchev–Trinajstić information content (AvgIpc) is 3.06. The highest BCUT2D eigenvalue weighted by atomic mass is 35.5. The fraction of sp³-hybridized carbons (Fsp3) is 0.318. The topological polar surface area (TPSA) is 57.0 Å². The highest BCUT2D eigenvalue weighted by Gasteiger charge is 2.16. The Morgan fingerprint density at radius 1 is 1.07 bits per heavy atom. The summed E-state index contributed by atoms with van der Waals surface area (Å²) in [6.45, 7) is 8.50. The summed E-state index contributed by atoms with van der Waals surface area (Å²) in [5.74, 6) is 1.81. The largest absolute Gasteiger partial charge is 0.486 e. The third kappa shape index (κ3) is 4.82. The van der Waals surface area contributed by atoms with Gasteiger partial charge in [0.05, 0.1) is 5.75 Å². The highest BCUT2D eigenvalue weighted by molar-refractivity contribution is 7.99. The third-order valence-electron chi connectivity index (χ3n) is 5.22. The first kappa shape index (κ1) is 21.4. The number of ether oxygens (including phenoxy) is 1. The Labute approximate surface area is 180 Å². The van der Waals surface area contributed by atoms with Crippen LogP contribution >= 0.6 is 23.4 Å². The molecule has 0 aliphatic heterocycles. The molecule has 0 N–H and O–H groups in total. The fourth-order valence-electron chi connectivity index (χ4n) is 2.98. The van der Waals surface area contributed by atoms with Crippen LogP contribution in [0, 0.1) is 27.7 Å². The van der Waals surface area contributed by atoms with Gasteiger partial charge >= 0.3 is 0 Å². The second-order valence-corrected chi connectivity index (χ2v) is 8.41. The molecule has 1 aromatic heterocycles. The van der Waals surface area contributed by atoms with Gasteiger partial charge in [-0.05, 0) is 80.3 Å². The van der Waals surface area contributed by atoms with Crippen LogP contribution in [0.4, 0.5) is 0 Å². The summed E-state index contributed by atoms with van der Waals surface area (Å²) in [6.07, 6.45) is 0. The summed E-state index contributed by atoms with van der Waals surface area (Å²) in [7, 11) is 1.87. The Kier molecular flexibility index (Phi) is 6.65. The molecule has 0 fully saturated rings. The Bertz CT molecular complexity index is 1050. The predicted octanol–water partition coefficient (Wildman–Crippen LogP) is 5.26. The van der Waals surface area contributed by atoms with E-state index >= 15 is 0 Å². The molecule has 29 heavy (non-hydrogen) atoms. The number of hydrogen-bond donors (Lipinski definition) is 0. The fourth-order valence-corrected chi connectivity index (χ4v) is 3.92. The first-order valence-corrected chi connectivity index (χ1v) is 10.6. The minimum atomic E-state index is 0.0978. The molecule has 3 aromatic rings. The maximum Gasteiger partial charge on any atom is 0.191 e. The maximum absolute atomic E-state index is 12.8. The van der Waals surface area contributed by atoms with E-state index in [1.165, 1.54) is 22.9 Å². The van der Waals surface area contributed by atoms with Gasteiger partial charge in [-0.1, -0.05) is 23.4 Å². The predicted molar refractivity (Wildman–Crippen MR) is 117 cm³/mol. The van der Waals surface area contributed by atoms with Crippen molar-refractivity contribution in [3.63, 3.8) is 0 Å². The first-order chi connectivity index (χ1) is 13.8. The number of Topliss-reactive ketones (excluding diaryl/α,β-unsaturated/α-hetero) is 1. The molecular formula is C22H24ClN3O2S. The second-order valence-electron chi connectivity index (χ2n) is 7.03. The van der Waals surface area contributed by atoms with Crippen molar-refractivity contribution in [3.8, 4) is 5.75 Å². The van der Waals surface area contributed by atoms with Gasteiger partial charge in [-0.3, -0.25) is 4.79 Å². The summed E-state index contributed by atoms with van der Waals surface area (Å²) in [4.78, 5) is 12.8. The van der Waals surface area contributed by atoms with Crippen LogP contribution in [0.25, 0.3) is 0 Å². The molecule has 0 spiro atoms. The van der Waals surface area contributed by atoms with E-state index in [0.29, 0.717) is 27.5 Å². The molecule has 2 aromatic carbocycles. The van der Waals surface area contributed by atoms with E-state index in [9.17, 15) is 4.79 Å². The molecule has 5 nitrogen and oxygen atoms in total. The summed E-state index contributed by atoms with van der Waals surface area (Å²) in [5.41, 5.74) is 5.39. The smallest absolute Gasteiger partial charge is 0.191 e. The van der Waals surface area contributed by atoms with Crippen molar-refractivity contribution in [3.05, 3.63) is 69.0 Å². The van der Waals surface area contributed by atoms with E-state index in [1.807, 2.05) is 31.5 Å². The van der Waals surface area contributed by atoms with Crippen molar-refractivity contribution >= 4 is 29.1 Å². The van der Waals surface area contributed by atoms with Crippen molar-refractivity contribution in [2.24, 2.45) is 7.05 Å². The number of carbonyl (C=O) groups is 1. The standard InChI is InChI=1S/C22H24ClN3O2S/c1-13-10-19(16(4)15(3)14(13)2)20(27)12-29-22-25-24-21(26(22)5)11-28-18-8-6-17(23)7-9-18/h6-10H,11-12H2,1-5H3. The zero-order valence-electron chi connectivity index (χ0n) is 17.2. The van der Waals surface area contributed by atoms with Crippen LogP contribution in [0.15, 0.2) is 35.5 Å². The summed E-state index contributed by atoms with van der Waals surface area (Å²) >= 11 is 7.27. The molecule has 0 aliphatic rings. The molecule has 1 heterocycles. The van der Waals surface area contributed by atoms with E-state index in [-0.39, 0.29) is 12.4 Å². The summed E-state index contributed by atoms with van der Waals surface area (Å²) < 4.78 is 7.58. The zero-order chi connectivity index (χ0) is 21.1. The summed E-state index contributed by atoms with van der Waals surface area (Å²) in [6, 6.07) is 9.15. The SMILES string of the molecule is Cc1cc(C(=O)CSc2nnc(COc3ccc(Cl)cc3)n2C)c(C)c(C)c1C. The molecule has 0 aliphatic carbocycles. The van der Waals surface area contributed by atoms with Crippen LogP contribution in [-0.2, 0) is 13.7 Å². The third-order valence-corrected chi connectivity index (χ3v) is 6.49. The van der Waals surface area contributed by atoms with Crippen LogP contribution < -0.4 is 4.74 Å². The minimum absolute atomic E-state index is 0.0978. The molecule has 0 unspecified atom stereocenters. The number of aromatic nitrogens is 3. The van der Waals surface area contributed by atoms with Gasteiger partial charge in [0.1, 0.15) is 12.4 Å². The lowest BCUT2D eigenvalue weighted by Crippen LogP contribution is -2.09. The van der Waals surface area contributed by atoms with Crippen molar-refractivity contribution < 1.29 is 9.53 Å². The van der Waals surface area contributed by atoms with Gasteiger partial charge in [0.2, 0.25) is 0 Å². The van der Waals surface area contributed by atoms with Gasteiger partial charge in [0.25, 0.3) is 0 Å². The van der Waals surface area contributed by atoms with Crippen molar-refractivity contribution in [1.29, 1.82) is 0 Å².